The van der Waals surface area contributed by atoms with Crippen LogP contribution in [0.4, 0.5) is 0 Å². The average molecular weight is 535 g/mol. The summed E-state index contributed by atoms with van der Waals surface area (Å²) in [6.45, 7) is 3.68. The molecule has 2 heterocycles. The molecule has 2 aliphatic heterocycles. The molecule has 0 spiro atoms. The van der Waals surface area contributed by atoms with Gasteiger partial charge in [-0.25, -0.2) is 4.72 Å². The topological polar surface area (TPSA) is 142 Å². The maximum Gasteiger partial charge on any atom is 0.311 e. The number of nitrogens with one attached hydrogen (secondary N) is 1. The van der Waals surface area contributed by atoms with E-state index in [2.05, 4.69) is 9.12 Å². The van der Waals surface area contributed by atoms with Crippen molar-refractivity contribution >= 4 is 50.7 Å². The van der Waals surface area contributed by atoms with E-state index in [1.807, 2.05) is 32.1 Å². The number of halogens is 1. The highest BCUT2D eigenvalue weighted by molar-refractivity contribution is 8.05. The van der Waals surface area contributed by atoms with Gasteiger partial charge in [0.2, 0.25) is 5.91 Å². The average Bonchev–Trinajstić information content (AvgIpc) is 3.37. The Kier molecular flexibility index (Phi) is 6.82. The predicted molar refractivity (Wildman–Crippen MR) is 136 cm³/mol. The van der Waals surface area contributed by atoms with Crippen LogP contribution in [0.3, 0.4) is 0 Å². The summed E-state index contributed by atoms with van der Waals surface area (Å²) >= 11 is 7.33. The van der Waals surface area contributed by atoms with Crippen LogP contribution in [-0.2, 0) is 22.1 Å². The third-order valence-electron chi connectivity index (χ3n) is 6.11. The minimum atomic E-state index is -4.78. The second-order valence-electron chi connectivity index (χ2n) is 8.45. The molecule has 0 fully saturated rings. The van der Waals surface area contributed by atoms with Crippen LogP contribution in [0, 0.1) is 0 Å². The van der Waals surface area contributed by atoms with Crippen LogP contribution >= 0.6 is 23.7 Å². The molecule has 0 bridgehead atoms. The number of nitrogens with two attached hydrogens (primary N) is 1. The van der Waals surface area contributed by atoms with Crippen LogP contribution in [0.25, 0.3) is 0 Å². The highest BCUT2D eigenvalue weighted by atomic mass is 35.5. The van der Waals surface area contributed by atoms with Crippen LogP contribution in [0.2, 0.25) is 5.02 Å². The quantitative estimate of drug-likeness (QED) is 0.304. The first kappa shape index (κ1) is 25.4. The molecule has 0 aromatic heterocycles. The molecule has 9 nitrogen and oxygen atoms in total. The lowest BCUT2D eigenvalue weighted by Gasteiger charge is -2.32. The standard InChI is InChI=1S/C23H23ClN4O5S2/c1-13-8-9-14(2)28(13)21(30)17-10-18(19(24)11-16(17)20(25)29)23(12-15-6-4-3-5-7-15)22(26-34-27-23)35(31,32)33/h3-11,13-14,27H,12H2,1-2H3,(H2,25,29)(H,31,32,33). The highest BCUT2D eigenvalue weighted by Crippen LogP contribution is 2.41. The van der Waals surface area contributed by atoms with E-state index >= 15 is 0 Å². The zero-order chi connectivity index (χ0) is 25.5. The van der Waals surface area contributed by atoms with Gasteiger partial charge in [0.15, 0.2) is 5.04 Å². The maximum atomic E-state index is 13.6. The summed E-state index contributed by atoms with van der Waals surface area (Å²) in [5.41, 5.74) is 4.71. The molecule has 0 saturated heterocycles. The number of nitrogens with zero attached hydrogens (tertiary/aromatic N) is 2. The third kappa shape index (κ3) is 4.62. The van der Waals surface area contributed by atoms with Crippen molar-refractivity contribution in [1.29, 1.82) is 0 Å². The van der Waals surface area contributed by atoms with Gasteiger partial charge in [-0.05, 0) is 37.1 Å². The first-order valence-corrected chi connectivity index (χ1v) is 13.2. The number of hydrogen-bond donors (Lipinski definition) is 3. The molecule has 35 heavy (non-hydrogen) atoms. The SMILES string of the molecule is CC1C=CC(C)N1C(=O)c1cc(C2(Cc3ccccc3)NSN=C2S(=O)(=O)O)c(Cl)cc1C(N)=O. The molecule has 2 amide bonds. The van der Waals surface area contributed by atoms with E-state index in [1.165, 1.54) is 12.1 Å². The largest absolute Gasteiger partial charge is 0.366 e. The number of rotatable bonds is 5. The van der Waals surface area contributed by atoms with Crippen LogP contribution in [-0.4, -0.2) is 46.8 Å². The first-order chi connectivity index (χ1) is 16.5. The summed E-state index contributed by atoms with van der Waals surface area (Å²) in [5, 5.41) is -0.575. The molecule has 3 unspecified atom stereocenters. The second kappa shape index (κ2) is 9.40. The number of carbonyl (C=O) groups is 2. The van der Waals surface area contributed by atoms with Crippen LogP contribution in [0.5, 0.6) is 0 Å². The van der Waals surface area contributed by atoms with Gasteiger partial charge in [-0.2, -0.15) is 12.8 Å². The number of primary amides is 1. The zero-order valence-electron chi connectivity index (χ0n) is 18.8. The fourth-order valence-corrected chi connectivity index (χ4v) is 6.75. The van der Waals surface area contributed by atoms with Gasteiger partial charge < -0.3 is 10.6 Å². The molecule has 4 N–H and O–H groups in total. The minimum Gasteiger partial charge on any atom is -0.366 e. The minimum absolute atomic E-state index is 0.0155. The Bertz CT molecular complexity index is 1350. The molecule has 12 heteroatoms. The molecular formula is C23H23ClN4O5S2. The smallest absolute Gasteiger partial charge is 0.311 e. The lowest BCUT2D eigenvalue weighted by molar-refractivity contribution is 0.0705. The van der Waals surface area contributed by atoms with Crippen LogP contribution < -0.4 is 10.5 Å². The van der Waals surface area contributed by atoms with Crippen molar-refractivity contribution in [1.82, 2.24) is 9.62 Å². The van der Waals surface area contributed by atoms with Gasteiger partial charge in [0.05, 0.1) is 23.3 Å². The van der Waals surface area contributed by atoms with Gasteiger partial charge in [0.1, 0.15) is 5.54 Å². The lowest BCUT2D eigenvalue weighted by Crippen LogP contribution is -2.48. The molecule has 2 aromatic carbocycles. The molecule has 0 aliphatic carbocycles. The van der Waals surface area contributed by atoms with Gasteiger partial charge in [0, 0.05) is 23.5 Å². The van der Waals surface area contributed by atoms with E-state index in [4.69, 9.17) is 17.3 Å². The normalized spacial score (nSPS) is 24.0. The summed E-state index contributed by atoms with van der Waals surface area (Å²) in [6, 6.07) is 11.1. The second-order valence-corrected chi connectivity index (χ2v) is 10.8. The van der Waals surface area contributed by atoms with Gasteiger partial charge in [-0.3, -0.25) is 14.1 Å². The van der Waals surface area contributed by atoms with Crippen LogP contribution in [0.15, 0.2) is 59.0 Å². The number of benzene rings is 2. The van der Waals surface area contributed by atoms with E-state index in [1.54, 1.807) is 29.2 Å². The third-order valence-corrected chi connectivity index (χ3v) is 8.18. The lowest BCUT2D eigenvalue weighted by atomic mass is 9.83. The summed E-state index contributed by atoms with van der Waals surface area (Å²) in [6.07, 6.45) is 3.78. The van der Waals surface area contributed by atoms with Gasteiger partial charge in [-0.1, -0.05) is 54.1 Å². The Labute approximate surface area is 212 Å². The van der Waals surface area contributed by atoms with Crippen LogP contribution in [0.1, 0.15) is 45.7 Å². The number of amides is 2. The van der Waals surface area contributed by atoms with Crippen molar-refractivity contribution in [2.75, 3.05) is 0 Å². The molecule has 0 radical (unpaired) electrons. The Morgan fingerprint density at radius 3 is 2.37 bits per heavy atom. The summed E-state index contributed by atoms with van der Waals surface area (Å²) in [4.78, 5) is 27.5. The maximum absolute atomic E-state index is 13.6. The number of hydrogen-bond acceptors (Lipinski definition) is 7. The van der Waals surface area contributed by atoms with Crippen molar-refractivity contribution in [3.63, 3.8) is 0 Å². The van der Waals surface area contributed by atoms with E-state index in [9.17, 15) is 22.6 Å². The van der Waals surface area contributed by atoms with Crippen molar-refractivity contribution in [3.05, 3.63) is 81.9 Å². The fraction of sp³-hybridized carbons (Fsp3) is 0.261. The number of carbonyl (C=O) groups excluding carboxylic acids is 2. The molecule has 2 aliphatic rings. The summed E-state index contributed by atoms with van der Waals surface area (Å²) in [5.74, 6) is -1.32. The molecule has 0 saturated carbocycles. The molecule has 4 rings (SSSR count). The van der Waals surface area contributed by atoms with E-state index in [0.717, 1.165) is 12.1 Å². The zero-order valence-corrected chi connectivity index (χ0v) is 21.2. The van der Waals surface area contributed by atoms with E-state index < -0.39 is 32.5 Å². The highest BCUT2D eigenvalue weighted by Gasteiger charge is 2.49. The predicted octanol–water partition coefficient (Wildman–Crippen LogP) is 3.12. The van der Waals surface area contributed by atoms with E-state index in [0.29, 0.717) is 5.56 Å². The van der Waals surface area contributed by atoms with Crippen molar-refractivity contribution in [2.45, 2.75) is 37.9 Å². The Morgan fingerprint density at radius 2 is 1.80 bits per heavy atom. The fourth-order valence-electron chi connectivity index (χ4n) is 4.48. The summed E-state index contributed by atoms with van der Waals surface area (Å²) in [7, 11) is -4.78. The molecule has 3 atom stereocenters. The van der Waals surface area contributed by atoms with Crippen molar-refractivity contribution < 1.29 is 22.6 Å². The monoisotopic (exact) mass is 534 g/mol. The Morgan fingerprint density at radius 1 is 1.17 bits per heavy atom. The Hall–Kier alpha value is -2.70. The van der Waals surface area contributed by atoms with Crippen molar-refractivity contribution in [2.24, 2.45) is 10.1 Å². The van der Waals surface area contributed by atoms with Gasteiger partial charge >= 0.3 is 10.1 Å². The van der Waals surface area contributed by atoms with Gasteiger partial charge in [0.25, 0.3) is 5.91 Å². The molecule has 2 aromatic rings. The molecular weight excluding hydrogens is 512 g/mol. The van der Waals surface area contributed by atoms with Crippen molar-refractivity contribution in [3.8, 4) is 0 Å². The Balaban J connectivity index is 1.95. The summed E-state index contributed by atoms with van der Waals surface area (Å²) < 4.78 is 41.7. The van der Waals surface area contributed by atoms with Gasteiger partial charge in [-0.15, -0.1) is 0 Å². The van der Waals surface area contributed by atoms with E-state index in [-0.39, 0.29) is 40.2 Å². The first-order valence-electron chi connectivity index (χ1n) is 10.6. The molecule has 184 valence electrons.